The van der Waals surface area contributed by atoms with E-state index in [0.717, 1.165) is 24.9 Å². The van der Waals surface area contributed by atoms with E-state index >= 15 is 0 Å². The molecule has 1 heterocycles. The summed E-state index contributed by atoms with van der Waals surface area (Å²) in [6.07, 6.45) is 3.08. The highest BCUT2D eigenvalue weighted by Gasteiger charge is 2.28. The standard InChI is InChI=1S/C20H20BrN3O4S/c21-18-10-9-16(29(27,28)23-14-3-4-14)12-17(18)20(26)22-13-5-7-15(8-6-13)24-11-1-2-19(24)25/h5-10,12,14,23H,1-4,11H2,(H,22,26). The number of halogens is 1. The molecule has 2 aromatic carbocycles. The van der Waals surface area contributed by atoms with E-state index in [2.05, 4.69) is 26.0 Å². The Morgan fingerprint density at radius 3 is 2.45 bits per heavy atom. The lowest BCUT2D eigenvalue weighted by molar-refractivity contribution is -0.117. The number of hydrogen-bond acceptors (Lipinski definition) is 4. The van der Waals surface area contributed by atoms with Crippen molar-refractivity contribution in [2.45, 2.75) is 36.6 Å². The highest BCUT2D eigenvalue weighted by atomic mass is 79.9. The van der Waals surface area contributed by atoms with Gasteiger partial charge in [0.15, 0.2) is 0 Å². The van der Waals surface area contributed by atoms with Crippen molar-refractivity contribution < 1.29 is 18.0 Å². The summed E-state index contributed by atoms with van der Waals surface area (Å²) in [4.78, 5) is 26.3. The van der Waals surface area contributed by atoms with Crippen molar-refractivity contribution in [2.24, 2.45) is 0 Å². The molecule has 2 amide bonds. The van der Waals surface area contributed by atoms with E-state index in [9.17, 15) is 18.0 Å². The SMILES string of the molecule is O=C(Nc1ccc(N2CCCC2=O)cc1)c1cc(S(=O)(=O)NC2CC2)ccc1Br. The first-order chi connectivity index (χ1) is 13.8. The van der Waals surface area contributed by atoms with Gasteiger partial charge < -0.3 is 10.2 Å². The van der Waals surface area contributed by atoms with Crippen LogP contribution in [0.25, 0.3) is 0 Å². The molecule has 0 radical (unpaired) electrons. The Kier molecular flexibility index (Phi) is 5.46. The van der Waals surface area contributed by atoms with E-state index in [-0.39, 0.29) is 22.4 Å². The van der Waals surface area contributed by atoms with E-state index < -0.39 is 15.9 Å². The zero-order valence-electron chi connectivity index (χ0n) is 15.5. The van der Waals surface area contributed by atoms with Gasteiger partial charge in [0.05, 0.1) is 10.5 Å². The van der Waals surface area contributed by atoms with Gasteiger partial charge in [0, 0.05) is 34.9 Å². The van der Waals surface area contributed by atoms with E-state index in [1.165, 1.54) is 12.1 Å². The van der Waals surface area contributed by atoms with Crippen LogP contribution in [0.5, 0.6) is 0 Å². The molecule has 1 aliphatic heterocycles. The third-order valence-electron chi connectivity index (χ3n) is 4.90. The van der Waals surface area contributed by atoms with Crippen LogP contribution in [0.3, 0.4) is 0 Å². The van der Waals surface area contributed by atoms with Crippen molar-refractivity contribution in [3.63, 3.8) is 0 Å². The molecular formula is C20H20BrN3O4S. The largest absolute Gasteiger partial charge is 0.322 e. The molecule has 2 aliphatic rings. The lowest BCUT2D eigenvalue weighted by Gasteiger charge is -2.16. The summed E-state index contributed by atoms with van der Waals surface area (Å²) >= 11 is 3.32. The van der Waals surface area contributed by atoms with Crippen molar-refractivity contribution in [3.05, 3.63) is 52.5 Å². The maximum Gasteiger partial charge on any atom is 0.256 e. The third kappa shape index (κ3) is 4.52. The molecule has 2 fully saturated rings. The average Bonchev–Trinajstić information content (AvgIpc) is 3.39. The Labute approximate surface area is 177 Å². The highest BCUT2D eigenvalue weighted by Crippen LogP contribution is 2.27. The summed E-state index contributed by atoms with van der Waals surface area (Å²) in [5.41, 5.74) is 1.58. The molecular weight excluding hydrogens is 458 g/mol. The summed E-state index contributed by atoms with van der Waals surface area (Å²) in [6, 6.07) is 11.4. The number of anilines is 2. The van der Waals surface area contributed by atoms with Crippen LogP contribution in [0.2, 0.25) is 0 Å². The number of benzene rings is 2. The van der Waals surface area contributed by atoms with Gasteiger partial charge in [-0.1, -0.05) is 0 Å². The lowest BCUT2D eigenvalue weighted by atomic mass is 10.2. The van der Waals surface area contributed by atoms with Crippen LogP contribution in [-0.4, -0.2) is 32.8 Å². The van der Waals surface area contributed by atoms with Gasteiger partial charge in [-0.3, -0.25) is 9.59 Å². The second-order valence-corrected chi connectivity index (χ2v) is 9.76. The molecule has 1 aliphatic carbocycles. The molecule has 2 N–H and O–H groups in total. The summed E-state index contributed by atoms with van der Waals surface area (Å²) in [5, 5.41) is 2.77. The van der Waals surface area contributed by atoms with Crippen molar-refractivity contribution in [1.82, 2.24) is 4.72 Å². The van der Waals surface area contributed by atoms with Crippen molar-refractivity contribution >= 4 is 49.1 Å². The van der Waals surface area contributed by atoms with Crippen molar-refractivity contribution in [1.29, 1.82) is 0 Å². The monoisotopic (exact) mass is 477 g/mol. The van der Waals surface area contributed by atoms with E-state index in [1.807, 2.05) is 0 Å². The second-order valence-electron chi connectivity index (χ2n) is 7.19. The molecule has 7 nitrogen and oxygen atoms in total. The molecule has 0 spiro atoms. The molecule has 0 atom stereocenters. The van der Waals surface area contributed by atoms with Crippen LogP contribution in [0.1, 0.15) is 36.0 Å². The predicted molar refractivity (Wildman–Crippen MR) is 113 cm³/mol. The first-order valence-corrected chi connectivity index (χ1v) is 11.6. The fraction of sp³-hybridized carbons (Fsp3) is 0.300. The fourth-order valence-corrected chi connectivity index (χ4v) is 4.94. The predicted octanol–water partition coefficient (Wildman–Crippen LogP) is 3.27. The maximum absolute atomic E-state index is 12.7. The van der Waals surface area contributed by atoms with Crippen LogP contribution in [-0.2, 0) is 14.8 Å². The molecule has 4 rings (SSSR count). The van der Waals surface area contributed by atoms with Gasteiger partial charge in [0.1, 0.15) is 0 Å². The molecule has 0 aromatic heterocycles. The Bertz CT molecular complexity index is 1070. The number of nitrogens with zero attached hydrogens (tertiary/aromatic N) is 1. The number of rotatable bonds is 6. The molecule has 152 valence electrons. The highest BCUT2D eigenvalue weighted by molar-refractivity contribution is 9.10. The number of carbonyl (C=O) groups is 2. The van der Waals surface area contributed by atoms with Crippen molar-refractivity contribution in [3.8, 4) is 0 Å². The summed E-state index contributed by atoms with van der Waals surface area (Å²) in [5.74, 6) is -0.325. The van der Waals surface area contributed by atoms with Crippen LogP contribution in [0, 0.1) is 0 Å². The molecule has 1 saturated heterocycles. The van der Waals surface area contributed by atoms with E-state index in [0.29, 0.717) is 23.1 Å². The number of sulfonamides is 1. The second kappa shape index (κ2) is 7.89. The number of nitrogens with one attached hydrogen (secondary N) is 2. The van der Waals surface area contributed by atoms with Crippen LogP contribution >= 0.6 is 15.9 Å². The number of carbonyl (C=O) groups excluding carboxylic acids is 2. The van der Waals surface area contributed by atoms with Gasteiger partial charge in [-0.15, -0.1) is 0 Å². The zero-order valence-corrected chi connectivity index (χ0v) is 17.9. The maximum atomic E-state index is 12.7. The Morgan fingerprint density at radius 2 is 1.83 bits per heavy atom. The van der Waals surface area contributed by atoms with Crippen molar-refractivity contribution in [2.75, 3.05) is 16.8 Å². The molecule has 29 heavy (non-hydrogen) atoms. The van der Waals surface area contributed by atoms with Gasteiger partial charge >= 0.3 is 0 Å². The van der Waals surface area contributed by atoms with Crippen LogP contribution in [0.4, 0.5) is 11.4 Å². The first-order valence-electron chi connectivity index (χ1n) is 9.37. The molecule has 0 unspecified atom stereocenters. The third-order valence-corrected chi connectivity index (χ3v) is 7.11. The minimum Gasteiger partial charge on any atom is -0.322 e. The van der Waals surface area contributed by atoms with Crippen LogP contribution in [0.15, 0.2) is 51.8 Å². The van der Waals surface area contributed by atoms with Gasteiger partial charge in [0.2, 0.25) is 15.9 Å². The van der Waals surface area contributed by atoms with Gasteiger partial charge in [-0.2, -0.15) is 0 Å². The Balaban J connectivity index is 1.50. The van der Waals surface area contributed by atoms with E-state index in [1.54, 1.807) is 35.2 Å². The number of hydrogen-bond donors (Lipinski definition) is 2. The topological polar surface area (TPSA) is 95.6 Å². The fourth-order valence-electron chi connectivity index (χ4n) is 3.18. The van der Waals surface area contributed by atoms with Crippen LogP contribution < -0.4 is 14.9 Å². The summed E-state index contributed by atoms with van der Waals surface area (Å²) in [7, 11) is -3.65. The summed E-state index contributed by atoms with van der Waals surface area (Å²) in [6.45, 7) is 0.702. The quantitative estimate of drug-likeness (QED) is 0.667. The van der Waals surface area contributed by atoms with Gasteiger partial charge in [-0.25, -0.2) is 13.1 Å². The smallest absolute Gasteiger partial charge is 0.256 e. The minimum absolute atomic E-state index is 0.0121. The number of amides is 2. The molecule has 9 heteroatoms. The Hall–Kier alpha value is -2.23. The minimum atomic E-state index is -3.65. The van der Waals surface area contributed by atoms with E-state index in [4.69, 9.17) is 0 Å². The van der Waals surface area contributed by atoms with Gasteiger partial charge in [0.25, 0.3) is 5.91 Å². The molecule has 1 saturated carbocycles. The zero-order chi connectivity index (χ0) is 20.6. The molecule has 0 bridgehead atoms. The van der Waals surface area contributed by atoms with Gasteiger partial charge in [-0.05, 0) is 77.7 Å². The first kappa shape index (κ1) is 20.1. The average molecular weight is 478 g/mol. The molecule has 2 aromatic rings. The Morgan fingerprint density at radius 1 is 1.10 bits per heavy atom. The summed E-state index contributed by atoms with van der Waals surface area (Å²) < 4.78 is 28.0. The lowest BCUT2D eigenvalue weighted by Crippen LogP contribution is -2.26. The normalized spacial score (nSPS) is 16.9.